The van der Waals surface area contributed by atoms with Gasteiger partial charge in [0, 0.05) is 18.9 Å². The number of carbonyl (C=O) groups is 2. The van der Waals surface area contributed by atoms with Crippen LogP contribution in [0, 0.1) is 0 Å². The number of hydrogen-bond donors (Lipinski definition) is 2. The average molecular weight is 272 g/mol. The van der Waals surface area contributed by atoms with E-state index in [0.29, 0.717) is 0 Å². The van der Waals surface area contributed by atoms with Gasteiger partial charge in [0.2, 0.25) is 5.91 Å². The molecule has 0 aliphatic heterocycles. The van der Waals surface area contributed by atoms with Crippen LogP contribution in [0.15, 0.2) is 18.3 Å². The van der Waals surface area contributed by atoms with Crippen LogP contribution < -0.4 is 5.32 Å². The van der Waals surface area contributed by atoms with Gasteiger partial charge in [-0.25, -0.2) is 18.2 Å². The van der Waals surface area contributed by atoms with E-state index < -0.39 is 21.7 Å². The van der Waals surface area contributed by atoms with E-state index in [1.165, 1.54) is 18.3 Å². The number of aromatic nitrogens is 1. The number of rotatable bonds is 5. The van der Waals surface area contributed by atoms with Crippen LogP contribution in [0.5, 0.6) is 0 Å². The maximum atomic E-state index is 11.4. The SMILES string of the molecule is CS(=O)(=O)CCC(=O)Nc1cc(C(=O)O)ccn1. The summed E-state index contributed by atoms with van der Waals surface area (Å²) < 4.78 is 21.7. The summed E-state index contributed by atoms with van der Waals surface area (Å²) in [5.41, 5.74) is -0.0107. The Kier molecular flexibility index (Phi) is 4.38. The number of anilines is 1. The molecule has 0 unspecified atom stereocenters. The maximum absolute atomic E-state index is 11.4. The van der Waals surface area contributed by atoms with Crippen molar-refractivity contribution >= 4 is 27.5 Å². The van der Waals surface area contributed by atoms with Crippen molar-refractivity contribution in [3.05, 3.63) is 23.9 Å². The lowest BCUT2D eigenvalue weighted by Gasteiger charge is -2.04. The topological polar surface area (TPSA) is 113 Å². The number of nitrogens with one attached hydrogen (secondary N) is 1. The minimum absolute atomic E-state index is 0.0107. The zero-order valence-corrected chi connectivity index (χ0v) is 10.4. The molecule has 1 amide bonds. The summed E-state index contributed by atoms with van der Waals surface area (Å²) in [5.74, 6) is -1.86. The van der Waals surface area contributed by atoms with Crippen molar-refractivity contribution < 1.29 is 23.1 Å². The van der Waals surface area contributed by atoms with Crippen LogP contribution in [0.4, 0.5) is 5.82 Å². The number of nitrogens with zero attached hydrogens (tertiary/aromatic N) is 1. The number of carboxylic acids is 1. The van der Waals surface area contributed by atoms with Gasteiger partial charge in [0.1, 0.15) is 15.7 Å². The largest absolute Gasteiger partial charge is 0.478 e. The van der Waals surface area contributed by atoms with E-state index in [0.717, 1.165) is 6.26 Å². The van der Waals surface area contributed by atoms with Crippen LogP contribution >= 0.6 is 0 Å². The third-order valence-electron chi connectivity index (χ3n) is 1.97. The Bertz CT molecular complexity index is 567. The van der Waals surface area contributed by atoms with Gasteiger partial charge in [-0.05, 0) is 12.1 Å². The molecule has 0 fully saturated rings. The second kappa shape index (κ2) is 5.58. The fraction of sp³-hybridized carbons (Fsp3) is 0.300. The molecule has 0 spiro atoms. The van der Waals surface area contributed by atoms with Crippen LogP contribution in [0.2, 0.25) is 0 Å². The van der Waals surface area contributed by atoms with Gasteiger partial charge >= 0.3 is 5.97 Å². The third-order valence-corrected chi connectivity index (χ3v) is 2.92. The van der Waals surface area contributed by atoms with Crippen LogP contribution in [-0.2, 0) is 14.6 Å². The lowest BCUT2D eigenvalue weighted by Crippen LogP contribution is -2.17. The molecule has 0 aromatic carbocycles. The predicted molar refractivity (Wildman–Crippen MR) is 64.2 cm³/mol. The standard InChI is InChI=1S/C10H12N2O5S/c1-18(16,17)5-3-9(13)12-8-6-7(10(14)15)2-4-11-8/h2,4,6H,3,5H2,1H3,(H,14,15)(H,11,12,13). The fourth-order valence-corrected chi connectivity index (χ4v) is 1.67. The predicted octanol–water partition coefficient (Wildman–Crippen LogP) is 0.153. The quantitative estimate of drug-likeness (QED) is 0.789. The first kappa shape index (κ1) is 14.1. The molecule has 7 nitrogen and oxygen atoms in total. The number of pyridine rings is 1. The highest BCUT2D eigenvalue weighted by Crippen LogP contribution is 2.07. The van der Waals surface area contributed by atoms with Crippen LogP contribution in [0.1, 0.15) is 16.8 Å². The van der Waals surface area contributed by atoms with Gasteiger partial charge in [-0.15, -0.1) is 0 Å². The molecule has 1 heterocycles. The number of hydrogen-bond acceptors (Lipinski definition) is 5. The Morgan fingerprint density at radius 2 is 2.11 bits per heavy atom. The Morgan fingerprint density at radius 3 is 2.67 bits per heavy atom. The zero-order valence-electron chi connectivity index (χ0n) is 9.58. The highest BCUT2D eigenvalue weighted by Gasteiger charge is 2.10. The van der Waals surface area contributed by atoms with Crippen molar-refractivity contribution in [2.24, 2.45) is 0 Å². The Labute approximate surface area is 104 Å². The van der Waals surface area contributed by atoms with Crippen molar-refractivity contribution in [2.45, 2.75) is 6.42 Å². The van der Waals surface area contributed by atoms with Crippen molar-refractivity contribution in [2.75, 3.05) is 17.3 Å². The average Bonchev–Trinajstić information content (AvgIpc) is 2.26. The molecule has 0 radical (unpaired) electrons. The van der Waals surface area contributed by atoms with Gasteiger partial charge in [0.25, 0.3) is 0 Å². The molecule has 0 bridgehead atoms. The van der Waals surface area contributed by atoms with Crippen molar-refractivity contribution in [1.82, 2.24) is 4.98 Å². The summed E-state index contributed by atoms with van der Waals surface area (Å²) in [5, 5.41) is 11.1. The third kappa shape index (κ3) is 4.91. The summed E-state index contributed by atoms with van der Waals surface area (Å²) in [6, 6.07) is 2.48. The first-order valence-electron chi connectivity index (χ1n) is 4.95. The molecular formula is C10H12N2O5S. The molecule has 0 saturated carbocycles. The van der Waals surface area contributed by atoms with Crippen LogP contribution in [0.3, 0.4) is 0 Å². The van der Waals surface area contributed by atoms with E-state index in [1.807, 2.05) is 0 Å². The Morgan fingerprint density at radius 1 is 1.44 bits per heavy atom. The van der Waals surface area contributed by atoms with Crippen LogP contribution in [-0.4, -0.2) is 42.4 Å². The van der Waals surface area contributed by atoms with E-state index in [9.17, 15) is 18.0 Å². The van der Waals surface area contributed by atoms with E-state index in [-0.39, 0.29) is 23.6 Å². The van der Waals surface area contributed by atoms with Crippen molar-refractivity contribution in [3.8, 4) is 0 Å². The molecule has 2 N–H and O–H groups in total. The lowest BCUT2D eigenvalue weighted by molar-refractivity contribution is -0.115. The van der Waals surface area contributed by atoms with Gasteiger partial charge in [0.05, 0.1) is 11.3 Å². The molecule has 1 aromatic rings. The van der Waals surface area contributed by atoms with Crippen molar-refractivity contribution in [3.63, 3.8) is 0 Å². The second-order valence-corrected chi connectivity index (χ2v) is 5.92. The summed E-state index contributed by atoms with van der Waals surface area (Å²) in [6.45, 7) is 0. The highest BCUT2D eigenvalue weighted by molar-refractivity contribution is 7.90. The first-order chi connectivity index (χ1) is 8.28. The molecule has 0 aliphatic carbocycles. The molecular weight excluding hydrogens is 260 g/mol. The molecule has 0 aliphatic rings. The smallest absolute Gasteiger partial charge is 0.335 e. The van der Waals surface area contributed by atoms with Gasteiger partial charge < -0.3 is 10.4 Å². The number of carbonyl (C=O) groups excluding carboxylic acids is 1. The Hall–Kier alpha value is -1.96. The van der Waals surface area contributed by atoms with Gasteiger partial charge in [-0.3, -0.25) is 4.79 Å². The van der Waals surface area contributed by atoms with Crippen LogP contribution in [0.25, 0.3) is 0 Å². The van der Waals surface area contributed by atoms with E-state index in [4.69, 9.17) is 5.11 Å². The molecule has 1 rings (SSSR count). The van der Waals surface area contributed by atoms with E-state index in [2.05, 4.69) is 10.3 Å². The molecule has 0 atom stereocenters. The second-order valence-electron chi connectivity index (χ2n) is 3.66. The highest BCUT2D eigenvalue weighted by atomic mass is 32.2. The summed E-state index contributed by atoms with van der Waals surface area (Å²) in [4.78, 5) is 25.8. The minimum Gasteiger partial charge on any atom is -0.478 e. The van der Waals surface area contributed by atoms with Gasteiger partial charge in [-0.2, -0.15) is 0 Å². The minimum atomic E-state index is -3.21. The maximum Gasteiger partial charge on any atom is 0.335 e. The zero-order chi connectivity index (χ0) is 13.8. The summed E-state index contributed by atoms with van der Waals surface area (Å²) in [6.07, 6.45) is 2.08. The van der Waals surface area contributed by atoms with E-state index in [1.54, 1.807) is 0 Å². The van der Waals surface area contributed by atoms with Crippen molar-refractivity contribution in [1.29, 1.82) is 0 Å². The molecule has 0 saturated heterocycles. The lowest BCUT2D eigenvalue weighted by atomic mass is 10.2. The summed E-state index contributed by atoms with van der Waals surface area (Å²) >= 11 is 0. The number of sulfone groups is 1. The molecule has 1 aromatic heterocycles. The van der Waals surface area contributed by atoms with Gasteiger partial charge in [-0.1, -0.05) is 0 Å². The molecule has 98 valence electrons. The van der Waals surface area contributed by atoms with E-state index >= 15 is 0 Å². The first-order valence-corrected chi connectivity index (χ1v) is 7.01. The monoisotopic (exact) mass is 272 g/mol. The fourth-order valence-electron chi connectivity index (χ4n) is 1.12. The number of amides is 1. The van der Waals surface area contributed by atoms with Gasteiger partial charge in [0.15, 0.2) is 0 Å². The Balaban J connectivity index is 2.65. The molecule has 8 heteroatoms. The number of aromatic carboxylic acids is 1. The number of carboxylic acid groups (broad SMARTS) is 1. The normalized spacial score (nSPS) is 10.9. The summed E-state index contributed by atoms with van der Waals surface area (Å²) in [7, 11) is -3.21. The molecule has 18 heavy (non-hydrogen) atoms.